The van der Waals surface area contributed by atoms with Crippen LogP contribution in [0, 0.1) is 0 Å². The zero-order chi connectivity index (χ0) is 22.8. The molecule has 1 unspecified atom stereocenters. The Morgan fingerprint density at radius 3 is 2.79 bits per heavy atom. The van der Waals surface area contributed by atoms with Crippen LogP contribution in [-0.2, 0) is 11.3 Å². The van der Waals surface area contributed by atoms with E-state index in [0.29, 0.717) is 37.8 Å². The summed E-state index contributed by atoms with van der Waals surface area (Å²) in [6.45, 7) is 2.37. The molecule has 2 N–H and O–H groups in total. The van der Waals surface area contributed by atoms with Crippen molar-refractivity contribution in [2.45, 2.75) is 12.6 Å². The molecule has 9 nitrogen and oxygen atoms in total. The number of hydrogen-bond donors (Lipinski definition) is 1. The van der Waals surface area contributed by atoms with Crippen LogP contribution in [0.2, 0.25) is 0 Å². The molecule has 1 atom stereocenters. The third kappa shape index (κ3) is 4.62. The fourth-order valence-electron chi connectivity index (χ4n) is 3.76. The lowest BCUT2D eigenvalue weighted by Crippen LogP contribution is -2.39. The number of carbonyl (C=O) groups excluding carboxylic acids is 1. The monoisotopic (exact) mass is 461 g/mol. The van der Waals surface area contributed by atoms with Crippen LogP contribution in [0.15, 0.2) is 55.0 Å². The summed E-state index contributed by atoms with van der Waals surface area (Å²) in [4.78, 5) is 35.9. The van der Waals surface area contributed by atoms with E-state index < -0.39 is 0 Å². The minimum absolute atomic E-state index is 0.00849. The highest BCUT2D eigenvalue weighted by atomic mass is 32.1. The summed E-state index contributed by atoms with van der Waals surface area (Å²) in [5, 5.41) is 0.969. The number of nitrogen functional groups attached to an aromatic ring is 1. The van der Waals surface area contributed by atoms with Crippen molar-refractivity contribution in [3.05, 3.63) is 71.0 Å². The summed E-state index contributed by atoms with van der Waals surface area (Å²) in [6, 6.07) is 11.3. The number of thiophene rings is 1. The number of carbonyl (C=O) groups is 1. The number of morpholine rings is 1. The van der Waals surface area contributed by atoms with Crippen molar-refractivity contribution in [3.63, 3.8) is 0 Å². The molecule has 10 heteroatoms. The first kappa shape index (κ1) is 21.2. The van der Waals surface area contributed by atoms with Gasteiger partial charge in [0.25, 0.3) is 5.91 Å². The first-order valence-electron chi connectivity index (χ1n) is 10.6. The Bertz CT molecular complexity index is 1260. The van der Waals surface area contributed by atoms with E-state index in [1.807, 2.05) is 49.6 Å². The van der Waals surface area contributed by atoms with E-state index in [-0.39, 0.29) is 18.0 Å². The lowest BCUT2D eigenvalue weighted by molar-refractivity contribution is 0.0388. The van der Waals surface area contributed by atoms with Crippen molar-refractivity contribution in [2.24, 2.45) is 0 Å². The van der Waals surface area contributed by atoms with Gasteiger partial charge in [0.15, 0.2) is 0 Å². The number of amides is 1. The summed E-state index contributed by atoms with van der Waals surface area (Å²) >= 11 is 1.58. The lowest BCUT2D eigenvalue weighted by atomic mass is 10.1. The molecule has 5 rings (SSSR count). The van der Waals surface area contributed by atoms with Gasteiger partial charge in [-0.2, -0.15) is 0 Å². The summed E-state index contributed by atoms with van der Waals surface area (Å²) in [5.74, 6) is 0.893. The van der Waals surface area contributed by atoms with E-state index in [0.717, 1.165) is 20.7 Å². The average molecular weight is 462 g/mol. The van der Waals surface area contributed by atoms with Crippen LogP contribution in [0.25, 0.3) is 10.2 Å². The minimum Gasteiger partial charge on any atom is -0.370 e. The molecule has 1 saturated heterocycles. The molecule has 4 aromatic rings. The molecule has 1 aromatic carbocycles. The Kier molecular flexibility index (Phi) is 5.84. The van der Waals surface area contributed by atoms with Crippen molar-refractivity contribution in [2.75, 3.05) is 37.4 Å². The molecule has 33 heavy (non-hydrogen) atoms. The van der Waals surface area contributed by atoms with Crippen LogP contribution >= 0.6 is 11.3 Å². The second-order valence-electron chi connectivity index (χ2n) is 7.85. The maximum Gasteiger partial charge on any atom is 0.253 e. The third-order valence-electron chi connectivity index (χ3n) is 5.49. The van der Waals surface area contributed by atoms with Crippen molar-refractivity contribution in [3.8, 4) is 0 Å². The lowest BCUT2D eigenvalue weighted by Gasteiger charge is -2.32. The molecular formula is C23H23N7O2S. The second kappa shape index (κ2) is 9.08. The van der Waals surface area contributed by atoms with Gasteiger partial charge in [0, 0.05) is 53.6 Å². The van der Waals surface area contributed by atoms with Gasteiger partial charge in [-0.25, -0.2) is 19.9 Å². The number of anilines is 2. The van der Waals surface area contributed by atoms with Gasteiger partial charge < -0.3 is 20.3 Å². The first-order valence-corrected chi connectivity index (χ1v) is 11.4. The van der Waals surface area contributed by atoms with E-state index in [2.05, 4.69) is 19.9 Å². The van der Waals surface area contributed by atoms with Crippen LogP contribution < -0.4 is 10.6 Å². The van der Waals surface area contributed by atoms with Crippen LogP contribution in [0.3, 0.4) is 0 Å². The summed E-state index contributed by atoms with van der Waals surface area (Å²) in [6.07, 6.45) is 5.06. The Labute approximate surface area is 194 Å². The number of aromatic nitrogens is 4. The smallest absolute Gasteiger partial charge is 0.253 e. The molecule has 0 radical (unpaired) electrons. The SMILES string of the molecule is CN(Cc1cc2cnc(N3CCOC(c4cnc(N)nc4)C3)nc2s1)C(=O)c1ccccc1. The van der Waals surface area contributed by atoms with E-state index >= 15 is 0 Å². The molecule has 0 aliphatic carbocycles. The molecule has 4 heterocycles. The molecule has 1 fully saturated rings. The van der Waals surface area contributed by atoms with Gasteiger partial charge in [-0.15, -0.1) is 11.3 Å². The van der Waals surface area contributed by atoms with E-state index in [4.69, 9.17) is 15.5 Å². The molecule has 1 aliphatic heterocycles. The highest BCUT2D eigenvalue weighted by Crippen LogP contribution is 2.28. The second-order valence-corrected chi connectivity index (χ2v) is 8.97. The quantitative estimate of drug-likeness (QED) is 0.483. The van der Waals surface area contributed by atoms with Gasteiger partial charge in [-0.3, -0.25) is 4.79 Å². The Morgan fingerprint density at radius 1 is 1.21 bits per heavy atom. The molecular weight excluding hydrogens is 438 g/mol. The number of rotatable bonds is 5. The molecule has 168 valence electrons. The number of hydrogen-bond acceptors (Lipinski definition) is 9. The number of fused-ring (bicyclic) bond motifs is 1. The molecule has 0 spiro atoms. The summed E-state index contributed by atoms with van der Waals surface area (Å²) in [7, 11) is 1.81. The number of nitrogens with zero attached hydrogens (tertiary/aromatic N) is 6. The van der Waals surface area contributed by atoms with E-state index in [1.165, 1.54) is 0 Å². The highest BCUT2D eigenvalue weighted by molar-refractivity contribution is 7.18. The zero-order valence-electron chi connectivity index (χ0n) is 18.1. The summed E-state index contributed by atoms with van der Waals surface area (Å²) in [5.41, 5.74) is 7.14. The van der Waals surface area contributed by atoms with Crippen molar-refractivity contribution in [1.82, 2.24) is 24.8 Å². The fourth-order valence-corrected chi connectivity index (χ4v) is 4.81. The predicted octanol–water partition coefficient (Wildman–Crippen LogP) is 2.91. The normalized spacial score (nSPS) is 16.2. The maximum atomic E-state index is 12.7. The van der Waals surface area contributed by atoms with Crippen LogP contribution in [-0.4, -0.2) is 57.5 Å². The van der Waals surface area contributed by atoms with Crippen molar-refractivity contribution >= 4 is 39.4 Å². The maximum absolute atomic E-state index is 12.7. The molecule has 3 aromatic heterocycles. The zero-order valence-corrected chi connectivity index (χ0v) is 18.9. The molecule has 0 saturated carbocycles. The first-order chi connectivity index (χ1) is 16.1. The summed E-state index contributed by atoms with van der Waals surface area (Å²) < 4.78 is 5.90. The van der Waals surface area contributed by atoms with E-state index in [9.17, 15) is 4.79 Å². The van der Waals surface area contributed by atoms with Crippen LogP contribution in [0.5, 0.6) is 0 Å². The number of ether oxygens (including phenoxy) is 1. The average Bonchev–Trinajstić information content (AvgIpc) is 3.26. The van der Waals surface area contributed by atoms with Gasteiger partial charge in [0.1, 0.15) is 10.9 Å². The standard InChI is InChI=1S/C23H23N7O2S/c1-29(21(31)15-5-3-2-4-6-15)13-18-9-16-10-27-23(28-20(16)33-18)30-7-8-32-19(14-30)17-11-25-22(24)26-12-17/h2-6,9-12,19H,7-8,13-14H2,1H3,(H2,24,25,26). The minimum atomic E-state index is -0.171. The number of benzene rings is 1. The number of nitrogens with two attached hydrogens (primary N) is 1. The van der Waals surface area contributed by atoms with Gasteiger partial charge in [0.05, 0.1) is 19.7 Å². The predicted molar refractivity (Wildman–Crippen MR) is 127 cm³/mol. The Morgan fingerprint density at radius 2 is 2.00 bits per heavy atom. The topological polar surface area (TPSA) is 110 Å². The van der Waals surface area contributed by atoms with E-state index in [1.54, 1.807) is 28.6 Å². The van der Waals surface area contributed by atoms with Gasteiger partial charge in [-0.1, -0.05) is 18.2 Å². The van der Waals surface area contributed by atoms with Gasteiger partial charge >= 0.3 is 0 Å². The van der Waals surface area contributed by atoms with Crippen LogP contribution in [0.4, 0.5) is 11.9 Å². The highest BCUT2D eigenvalue weighted by Gasteiger charge is 2.25. The third-order valence-corrected chi connectivity index (χ3v) is 6.51. The molecule has 0 bridgehead atoms. The molecule has 1 amide bonds. The largest absolute Gasteiger partial charge is 0.370 e. The Balaban J connectivity index is 1.30. The van der Waals surface area contributed by atoms with Crippen molar-refractivity contribution in [1.29, 1.82) is 0 Å². The molecule has 1 aliphatic rings. The fraction of sp³-hybridized carbons (Fsp3) is 0.261. The van der Waals surface area contributed by atoms with Gasteiger partial charge in [-0.05, 0) is 18.2 Å². The Hall–Kier alpha value is -3.63. The van der Waals surface area contributed by atoms with Gasteiger partial charge in [0.2, 0.25) is 11.9 Å². The van der Waals surface area contributed by atoms with Crippen molar-refractivity contribution < 1.29 is 9.53 Å². The van der Waals surface area contributed by atoms with Crippen LogP contribution in [0.1, 0.15) is 26.9 Å².